The monoisotopic (exact) mass is 254 g/mol. The van der Waals surface area contributed by atoms with Crippen LogP contribution >= 0.6 is 0 Å². The first kappa shape index (κ1) is 13.6. The highest BCUT2D eigenvalue weighted by atomic mass is 14.9. The lowest BCUT2D eigenvalue weighted by atomic mass is 10.0. The zero-order chi connectivity index (χ0) is 13.8. The zero-order valence-corrected chi connectivity index (χ0v) is 11.9. The van der Waals surface area contributed by atoms with E-state index in [-0.39, 0.29) is 6.04 Å². The topological polar surface area (TPSA) is 38.0 Å². The van der Waals surface area contributed by atoms with Crippen LogP contribution in [0.3, 0.4) is 0 Å². The summed E-state index contributed by atoms with van der Waals surface area (Å²) in [6.45, 7) is 6.28. The lowest BCUT2D eigenvalue weighted by molar-refractivity contribution is 0.818. The molecule has 3 N–H and O–H groups in total. The summed E-state index contributed by atoms with van der Waals surface area (Å²) >= 11 is 0. The lowest BCUT2D eigenvalue weighted by Crippen LogP contribution is -2.09. The van der Waals surface area contributed by atoms with Gasteiger partial charge in [-0.2, -0.15) is 0 Å². The second kappa shape index (κ2) is 5.89. The van der Waals surface area contributed by atoms with E-state index in [1.165, 1.54) is 16.7 Å². The van der Waals surface area contributed by atoms with E-state index < -0.39 is 0 Å². The third kappa shape index (κ3) is 3.58. The summed E-state index contributed by atoms with van der Waals surface area (Å²) in [5.74, 6) is 0. The molecule has 2 nitrogen and oxygen atoms in total. The minimum atomic E-state index is 0.0895. The fourth-order valence-corrected chi connectivity index (χ4v) is 2.07. The zero-order valence-electron chi connectivity index (χ0n) is 11.9. The highest BCUT2D eigenvalue weighted by molar-refractivity contribution is 5.66. The van der Waals surface area contributed by atoms with Gasteiger partial charge in [-0.15, -0.1) is 0 Å². The van der Waals surface area contributed by atoms with Crippen LogP contribution in [0.15, 0.2) is 48.5 Å². The second-order valence-corrected chi connectivity index (χ2v) is 5.29. The van der Waals surface area contributed by atoms with Gasteiger partial charge in [0.05, 0.1) is 0 Å². The van der Waals surface area contributed by atoms with Gasteiger partial charge in [-0.1, -0.05) is 36.4 Å². The van der Waals surface area contributed by atoms with E-state index in [1.54, 1.807) is 0 Å². The Bertz CT molecular complexity index is 510. The Hall–Kier alpha value is -1.80. The van der Waals surface area contributed by atoms with Crippen LogP contribution in [0, 0.1) is 0 Å². The van der Waals surface area contributed by atoms with E-state index in [9.17, 15) is 0 Å². The van der Waals surface area contributed by atoms with Gasteiger partial charge in [-0.05, 0) is 49.6 Å². The van der Waals surface area contributed by atoms with Crippen molar-refractivity contribution in [2.24, 2.45) is 5.73 Å². The normalized spacial score (nSPS) is 12.5. The SMILES string of the molecule is CC(C)Nc1ccc(-c2ccc([C@H](C)N)cc2)cc1. The van der Waals surface area contributed by atoms with Gasteiger partial charge in [0.15, 0.2) is 0 Å². The summed E-state index contributed by atoms with van der Waals surface area (Å²) in [5, 5.41) is 3.39. The Morgan fingerprint density at radius 3 is 1.68 bits per heavy atom. The number of nitrogens with one attached hydrogen (secondary N) is 1. The van der Waals surface area contributed by atoms with Crippen LogP contribution in [0.4, 0.5) is 5.69 Å². The summed E-state index contributed by atoms with van der Waals surface area (Å²) in [6, 6.07) is 17.5. The molecule has 0 aliphatic carbocycles. The Morgan fingerprint density at radius 1 is 0.789 bits per heavy atom. The molecule has 2 heteroatoms. The van der Waals surface area contributed by atoms with Crippen LogP contribution in [0.1, 0.15) is 32.4 Å². The predicted octanol–water partition coefficient (Wildman–Crippen LogP) is 4.19. The lowest BCUT2D eigenvalue weighted by Gasteiger charge is -2.11. The molecule has 0 aliphatic heterocycles. The molecule has 1 atom stereocenters. The van der Waals surface area contributed by atoms with E-state index in [0.29, 0.717) is 6.04 Å². The van der Waals surface area contributed by atoms with E-state index >= 15 is 0 Å². The molecule has 0 spiro atoms. The van der Waals surface area contributed by atoms with E-state index in [2.05, 4.69) is 67.7 Å². The number of rotatable bonds is 4. The van der Waals surface area contributed by atoms with Gasteiger partial charge in [0, 0.05) is 17.8 Å². The van der Waals surface area contributed by atoms with Crippen LogP contribution < -0.4 is 11.1 Å². The van der Waals surface area contributed by atoms with Crippen molar-refractivity contribution in [3.05, 3.63) is 54.1 Å². The highest BCUT2D eigenvalue weighted by Crippen LogP contribution is 2.23. The molecule has 0 unspecified atom stereocenters. The molecule has 0 saturated carbocycles. The Labute approximate surface area is 115 Å². The fourth-order valence-electron chi connectivity index (χ4n) is 2.07. The van der Waals surface area contributed by atoms with Crippen LogP contribution in [-0.4, -0.2) is 6.04 Å². The van der Waals surface area contributed by atoms with Crippen molar-refractivity contribution in [2.75, 3.05) is 5.32 Å². The molecule has 0 aromatic heterocycles. The van der Waals surface area contributed by atoms with Crippen molar-refractivity contribution in [2.45, 2.75) is 32.9 Å². The van der Waals surface area contributed by atoms with Crippen molar-refractivity contribution < 1.29 is 0 Å². The van der Waals surface area contributed by atoms with Gasteiger partial charge in [-0.25, -0.2) is 0 Å². The standard InChI is InChI=1S/C17H22N2/c1-12(2)19-17-10-8-16(9-11-17)15-6-4-14(5-7-15)13(3)18/h4-13,19H,18H2,1-3H3/t13-/m0/s1. The molecule has 0 heterocycles. The number of hydrogen-bond donors (Lipinski definition) is 2. The van der Waals surface area contributed by atoms with Crippen LogP contribution in [0.2, 0.25) is 0 Å². The first-order valence-electron chi connectivity index (χ1n) is 6.79. The molecule has 0 aliphatic rings. The highest BCUT2D eigenvalue weighted by Gasteiger charge is 2.02. The van der Waals surface area contributed by atoms with Gasteiger partial charge in [0.2, 0.25) is 0 Å². The van der Waals surface area contributed by atoms with Crippen molar-refractivity contribution >= 4 is 5.69 Å². The van der Waals surface area contributed by atoms with Gasteiger partial charge in [0.25, 0.3) is 0 Å². The van der Waals surface area contributed by atoms with Gasteiger partial charge in [-0.3, -0.25) is 0 Å². The maximum absolute atomic E-state index is 5.86. The molecule has 0 bridgehead atoms. The molecule has 0 amide bonds. The number of anilines is 1. The molecule has 0 fully saturated rings. The molecule has 0 radical (unpaired) electrons. The molecule has 0 saturated heterocycles. The quantitative estimate of drug-likeness (QED) is 0.858. The summed E-state index contributed by atoms with van der Waals surface area (Å²) in [5.41, 5.74) is 10.6. The smallest absolute Gasteiger partial charge is 0.0342 e. The van der Waals surface area contributed by atoms with E-state index in [1.807, 2.05) is 6.92 Å². The summed E-state index contributed by atoms with van der Waals surface area (Å²) < 4.78 is 0. The minimum Gasteiger partial charge on any atom is -0.383 e. The first-order valence-corrected chi connectivity index (χ1v) is 6.79. The number of benzene rings is 2. The molecular formula is C17H22N2. The van der Waals surface area contributed by atoms with Crippen LogP contribution in [-0.2, 0) is 0 Å². The molecule has 19 heavy (non-hydrogen) atoms. The molecular weight excluding hydrogens is 232 g/mol. The van der Waals surface area contributed by atoms with Gasteiger partial charge in [0.1, 0.15) is 0 Å². The fraction of sp³-hybridized carbons (Fsp3) is 0.294. The summed E-state index contributed by atoms with van der Waals surface area (Å²) in [7, 11) is 0. The first-order chi connectivity index (χ1) is 9.06. The molecule has 100 valence electrons. The van der Waals surface area contributed by atoms with Crippen molar-refractivity contribution in [3.63, 3.8) is 0 Å². The molecule has 2 aromatic carbocycles. The van der Waals surface area contributed by atoms with Crippen LogP contribution in [0.5, 0.6) is 0 Å². The molecule has 2 rings (SSSR count). The predicted molar refractivity (Wildman–Crippen MR) is 83.2 cm³/mol. The van der Waals surface area contributed by atoms with Gasteiger partial charge >= 0.3 is 0 Å². The average molecular weight is 254 g/mol. The van der Waals surface area contributed by atoms with E-state index in [4.69, 9.17) is 5.73 Å². The number of nitrogens with two attached hydrogens (primary N) is 1. The second-order valence-electron chi connectivity index (χ2n) is 5.29. The summed E-state index contributed by atoms with van der Waals surface area (Å²) in [6.07, 6.45) is 0. The largest absolute Gasteiger partial charge is 0.383 e. The maximum Gasteiger partial charge on any atom is 0.0342 e. The van der Waals surface area contributed by atoms with Crippen molar-refractivity contribution in [1.29, 1.82) is 0 Å². The van der Waals surface area contributed by atoms with Crippen molar-refractivity contribution in [3.8, 4) is 11.1 Å². The summed E-state index contributed by atoms with van der Waals surface area (Å²) in [4.78, 5) is 0. The average Bonchev–Trinajstić information content (AvgIpc) is 2.39. The Balaban J connectivity index is 2.17. The van der Waals surface area contributed by atoms with Crippen LogP contribution in [0.25, 0.3) is 11.1 Å². The van der Waals surface area contributed by atoms with E-state index in [0.717, 1.165) is 5.69 Å². The third-order valence-corrected chi connectivity index (χ3v) is 3.11. The molecule has 2 aromatic rings. The number of hydrogen-bond acceptors (Lipinski definition) is 2. The van der Waals surface area contributed by atoms with Gasteiger partial charge < -0.3 is 11.1 Å². The Kier molecular flexibility index (Phi) is 4.23. The Morgan fingerprint density at radius 2 is 1.26 bits per heavy atom. The minimum absolute atomic E-state index is 0.0895. The maximum atomic E-state index is 5.86. The van der Waals surface area contributed by atoms with Crippen molar-refractivity contribution in [1.82, 2.24) is 0 Å². The third-order valence-electron chi connectivity index (χ3n) is 3.11.